The second-order valence-electron chi connectivity index (χ2n) is 5.70. The van der Waals surface area contributed by atoms with E-state index >= 15 is 0 Å². The third-order valence-electron chi connectivity index (χ3n) is 4.24. The third kappa shape index (κ3) is 2.99. The van der Waals surface area contributed by atoms with Crippen molar-refractivity contribution in [1.29, 1.82) is 0 Å². The van der Waals surface area contributed by atoms with Crippen LogP contribution in [0.5, 0.6) is 0 Å². The lowest BCUT2D eigenvalue weighted by Gasteiger charge is -2.26. The van der Waals surface area contributed by atoms with Crippen molar-refractivity contribution >= 4 is 29.3 Å². The Balaban J connectivity index is 1.42. The molecule has 1 saturated heterocycles. The van der Waals surface area contributed by atoms with Gasteiger partial charge in [0.25, 0.3) is 0 Å². The Morgan fingerprint density at radius 2 is 1.88 bits per heavy atom. The van der Waals surface area contributed by atoms with Gasteiger partial charge in [-0.25, -0.2) is 0 Å². The number of para-hydroxylation sites is 1. The van der Waals surface area contributed by atoms with E-state index in [-0.39, 0.29) is 5.91 Å². The molecule has 1 fully saturated rings. The number of fused-ring (bicyclic) bond motifs is 1. The molecule has 0 N–H and O–H groups in total. The molecule has 2 aromatic rings. The average Bonchev–Trinajstić information content (AvgIpc) is 3.23. The molecule has 0 aliphatic carbocycles. The molecule has 0 saturated carbocycles. The Hall–Kier alpha value is -2.06. The van der Waals surface area contributed by atoms with Crippen molar-refractivity contribution in [3.05, 3.63) is 30.3 Å². The maximum absolute atomic E-state index is 12.3. The van der Waals surface area contributed by atoms with E-state index in [9.17, 15) is 4.79 Å². The van der Waals surface area contributed by atoms with E-state index in [1.54, 1.807) is 0 Å². The molecule has 0 atom stereocenters. The quantitative estimate of drug-likeness (QED) is 0.780. The van der Waals surface area contributed by atoms with Crippen molar-refractivity contribution in [3.8, 4) is 0 Å². The SMILES string of the molecule is O=C(CSc1nnc2n1CCN2c1ccccc1)N1CCOCC1. The Bertz CT molecular complexity index is 715. The summed E-state index contributed by atoms with van der Waals surface area (Å²) in [4.78, 5) is 16.3. The summed E-state index contributed by atoms with van der Waals surface area (Å²) in [5.74, 6) is 1.38. The van der Waals surface area contributed by atoms with Gasteiger partial charge in [-0.3, -0.25) is 9.36 Å². The molecule has 2 aliphatic heterocycles. The van der Waals surface area contributed by atoms with Crippen molar-refractivity contribution in [2.75, 3.05) is 43.5 Å². The van der Waals surface area contributed by atoms with E-state index in [0.29, 0.717) is 32.1 Å². The van der Waals surface area contributed by atoms with Crippen molar-refractivity contribution in [2.24, 2.45) is 0 Å². The summed E-state index contributed by atoms with van der Waals surface area (Å²) >= 11 is 1.46. The largest absolute Gasteiger partial charge is 0.378 e. The normalized spacial score (nSPS) is 17.2. The van der Waals surface area contributed by atoms with Crippen LogP contribution in [0.1, 0.15) is 0 Å². The lowest BCUT2D eigenvalue weighted by molar-refractivity contribution is -0.132. The molecule has 8 heteroatoms. The minimum absolute atomic E-state index is 0.138. The van der Waals surface area contributed by atoms with Crippen LogP contribution in [0.2, 0.25) is 0 Å². The van der Waals surface area contributed by atoms with Gasteiger partial charge in [0.05, 0.1) is 19.0 Å². The van der Waals surface area contributed by atoms with Crippen LogP contribution in [0.4, 0.5) is 11.6 Å². The first-order valence-electron chi connectivity index (χ1n) is 8.07. The second kappa shape index (κ2) is 6.82. The number of aromatic nitrogens is 3. The number of ether oxygens (including phenoxy) is 1. The van der Waals surface area contributed by atoms with E-state index in [1.807, 2.05) is 23.1 Å². The molecular formula is C16H19N5O2S. The number of rotatable bonds is 4. The fraction of sp³-hybridized carbons (Fsp3) is 0.438. The average molecular weight is 345 g/mol. The molecule has 4 rings (SSSR count). The van der Waals surface area contributed by atoms with Crippen LogP contribution in [0.15, 0.2) is 35.5 Å². The second-order valence-corrected chi connectivity index (χ2v) is 6.65. The summed E-state index contributed by atoms with van der Waals surface area (Å²) in [6.07, 6.45) is 0. The highest BCUT2D eigenvalue weighted by Gasteiger charge is 2.26. The maximum atomic E-state index is 12.3. The van der Waals surface area contributed by atoms with Crippen LogP contribution in [0.3, 0.4) is 0 Å². The van der Waals surface area contributed by atoms with Crippen LogP contribution in [-0.4, -0.2) is 64.2 Å². The molecule has 0 radical (unpaired) electrons. The number of carbonyl (C=O) groups is 1. The van der Waals surface area contributed by atoms with Gasteiger partial charge < -0.3 is 14.5 Å². The Morgan fingerprint density at radius 1 is 1.08 bits per heavy atom. The minimum atomic E-state index is 0.138. The maximum Gasteiger partial charge on any atom is 0.233 e. The van der Waals surface area contributed by atoms with E-state index < -0.39 is 0 Å². The zero-order valence-electron chi connectivity index (χ0n) is 13.3. The number of benzene rings is 1. The summed E-state index contributed by atoms with van der Waals surface area (Å²) in [6.45, 7) is 4.33. The molecule has 0 unspecified atom stereocenters. The van der Waals surface area contributed by atoms with Crippen LogP contribution in [0, 0.1) is 0 Å². The smallest absolute Gasteiger partial charge is 0.233 e. The number of nitrogens with zero attached hydrogens (tertiary/aromatic N) is 5. The number of hydrogen-bond donors (Lipinski definition) is 0. The van der Waals surface area contributed by atoms with Crippen LogP contribution < -0.4 is 4.90 Å². The molecule has 2 aliphatic rings. The number of carbonyl (C=O) groups excluding carboxylic acids is 1. The fourth-order valence-corrected chi connectivity index (χ4v) is 3.83. The number of hydrogen-bond acceptors (Lipinski definition) is 6. The molecule has 1 aromatic carbocycles. The van der Waals surface area contributed by atoms with Crippen LogP contribution in [0.25, 0.3) is 0 Å². The number of anilines is 2. The molecular weight excluding hydrogens is 326 g/mol. The summed E-state index contributed by atoms with van der Waals surface area (Å²) in [6, 6.07) is 10.2. The summed E-state index contributed by atoms with van der Waals surface area (Å²) in [5.41, 5.74) is 1.12. The molecule has 1 aromatic heterocycles. The summed E-state index contributed by atoms with van der Waals surface area (Å²) < 4.78 is 7.37. The van der Waals surface area contributed by atoms with Crippen LogP contribution in [-0.2, 0) is 16.1 Å². The van der Waals surface area contributed by atoms with Gasteiger partial charge in [0.2, 0.25) is 11.9 Å². The first kappa shape index (κ1) is 15.5. The molecule has 126 valence electrons. The van der Waals surface area contributed by atoms with E-state index in [1.165, 1.54) is 11.8 Å². The van der Waals surface area contributed by atoms with Gasteiger partial charge in [0.15, 0.2) is 5.16 Å². The number of morpholine rings is 1. The first-order chi connectivity index (χ1) is 11.8. The topological polar surface area (TPSA) is 63.5 Å². The highest BCUT2D eigenvalue weighted by molar-refractivity contribution is 7.99. The molecule has 1 amide bonds. The van der Waals surface area contributed by atoms with Crippen molar-refractivity contribution in [3.63, 3.8) is 0 Å². The Kier molecular flexibility index (Phi) is 4.40. The van der Waals surface area contributed by atoms with Gasteiger partial charge in [-0.15, -0.1) is 10.2 Å². The molecule has 0 spiro atoms. The number of amides is 1. The monoisotopic (exact) mass is 345 g/mol. The van der Waals surface area contributed by atoms with Crippen molar-refractivity contribution in [2.45, 2.75) is 11.7 Å². The molecule has 7 nitrogen and oxygen atoms in total. The van der Waals surface area contributed by atoms with E-state index in [4.69, 9.17) is 4.74 Å². The van der Waals surface area contributed by atoms with Gasteiger partial charge in [0.1, 0.15) is 0 Å². The fourth-order valence-electron chi connectivity index (χ4n) is 2.97. The van der Waals surface area contributed by atoms with Gasteiger partial charge in [-0.1, -0.05) is 30.0 Å². The van der Waals surface area contributed by atoms with E-state index in [2.05, 4.69) is 31.8 Å². The van der Waals surface area contributed by atoms with Gasteiger partial charge in [-0.05, 0) is 12.1 Å². The lowest BCUT2D eigenvalue weighted by Crippen LogP contribution is -2.41. The van der Waals surface area contributed by atoms with Gasteiger partial charge in [0, 0.05) is 31.9 Å². The third-order valence-corrected chi connectivity index (χ3v) is 5.19. The summed E-state index contributed by atoms with van der Waals surface area (Å²) in [5, 5.41) is 9.40. The van der Waals surface area contributed by atoms with E-state index in [0.717, 1.165) is 29.9 Å². The Morgan fingerprint density at radius 3 is 2.67 bits per heavy atom. The summed E-state index contributed by atoms with van der Waals surface area (Å²) in [7, 11) is 0. The van der Waals surface area contributed by atoms with Crippen molar-refractivity contribution in [1.82, 2.24) is 19.7 Å². The zero-order chi connectivity index (χ0) is 16.4. The van der Waals surface area contributed by atoms with Crippen LogP contribution >= 0.6 is 11.8 Å². The van der Waals surface area contributed by atoms with Gasteiger partial charge in [-0.2, -0.15) is 0 Å². The van der Waals surface area contributed by atoms with Crippen molar-refractivity contribution < 1.29 is 9.53 Å². The van der Waals surface area contributed by atoms with Gasteiger partial charge >= 0.3 is 0 Å². The highest BCUT2D eigenvalue weighted by atomic mass is 32.2. The molecule has 24 heavy (non-hydrogen) atoms. The standard InChI is InChI=1S/C16H19N5O2S/c22-14(19-8-10-23-11-9-19)12-24-16-18-17-15-20(6-7-21(15)16)13-4-2-1-3-5-13/h1-5H,6-12H2. The predicted octanol–water partition coefficient (Wildman–Crippen LogP) is 1.38. The first-order valence-corrected chi connectivity index (χ1v) is 9.05. The minimum Gasteiger partial charge on any atom is -0.378 e. The number of thioether (sulfide) groups is 1. The predicted molar refractivity (Wildman–Crippen MR) is 91.6 cm³/mol. The highest BCUT2D eigenvalue weighted by Crippen LogP contribution is 2.31. The lowest BCUT2D eigenvalue weighted by atomic mass is 10.3. The Labute approximate surface area is 144 Å². The molecule has 3 heterocycles. The zero-order valence-corrected chi connectivity index (χ0v) is 14.1. The molecule has 0 bridgehead atoms.